The zero-order valence-corrected chi connectivity index (χ0v) is 19.1. The van der Waals surface area contributed by atoms with E-state index in [2.05, 4.69) is 32.7 Å². The van der Waals surface area contributed by atoms with Gasteiger partial charge < -0.3 is 15.4 Å². The Balaban J connectivity index is 1.47. The van der Waals surface area contributed by atoms with Crippen molar-refractivity contribution in [3.8, 4) is 5.88 Å². The third-order valence-electron chi connectivity index (χ3n) is 5.58. The summed E-state index contributed by atoms with van der Waals surface area (Å²) in [6, 6.07) is 11.3. The van der Waals surface area contributed by atoms with Crippen LogP contribution in [0.3, 0.4) is 0 Å². The molecule has 5 rings (SSSR count). The van der Waals surface area contributed by atoms with Crippen molar-refractivity contribution in [1.29, 1.82) is 0 Å². The molecule has 32 heavy (non-hydrogen) atoms. The molecule has 0 atom stereocenters. The quantitative estimate of drug-likeness (QED) is 0.564. The molecule has 1 aromatic heterocycles. The number of fused-ring (bicyclic) bond motifs is 2. The van der Waals surface area contributed by atoms with E-state index in [1.807, 2.05) is 6.07 Å². The first-order valence-corrected chi connectivity index (χ1v) is 11.0. The lowest BCUT2D eigenvalue weighted by atomic mass is 10.0. The smallest absolute Gasteiger partial charge is 0.268 e. The molecule has 2 N–H and O–H groups in total. The van der Waals surface area contributed by atoms with Crippen molar-refractivity contribution < 1.29 is 9.53 Å². The summed E-state index contributed by atoms with van der Waals surface area (Å²) in [5.41, 5.74) is 3.04. The van der Waals surface area contributed by atoms with E-state index in [4.69, 9.17) is 27.9 Å². The molecule has 2 aliphatic heterocycles. The summed E-state index contributed by atoms with van der Waals surface area (Å²) in [5, 5.41) is 7.29. The Morgan fingerprint density at radius 2 is 1.94 bits per heavy atom. The Kier molecular flexibility index (Phi) is 5.20. The van der Waals surface area contributed by atoms with Crippen molar-refractivity contribution in [3.63, 3.8) is 0 Å². The monoisotopic (exact) mass is 469 g/mol. The first kappa shape index (κ1) is 21.0. The molecule has 0 radical (unpaired) electrons. The number of para-hydroxylation sites is 1. The van der Waals surface area contributed by atoms with Crippen LogP contribution in [0.5, 0.6) is 5.88 Å². The topological polar surface area (TPSA) is 79.4 Å². The zero-order chi connectivity index (χ0) is 22.5. The Hall–Kier alpha value is -2.87. The predicted octanol–water partition coefficient (Wildman–Crippen LogP) is 4.95. The summed E-state index contributed by atoms with van der Waals surface area (Å²) in [5.74, 6) is 0.226. The van der Waals surface area contributed by atoms with Crippen LogP contribution in [0.4, 0.5) is 17.3 Å². The van der Waals surface area contributed by atoms with E-state index in [-0.39, 0.29) is 17.4 Å². The highest BCUT2D eigenvalue weighted by molar-refractivity contribution is 6.40. The number of benzene rings is 2. The second kappa shape index (κ2) is 7.92. The van der Waals surface area contributed by atoms with Gasteiger partial charge in [0.1, 0.15) is 5.56 Å². The maximum absolute atomic E-state index is 13.4. The van der Waals surface area contributed by atoms with Gasteiger partial charge in [0.2, 0.25) is 11.8 Å². The van der Waals surface area contributed by atoms with Gasteiger partial charge in [-0.3, -0.25) is 9.69 Å². The SMILES string of the molecule is CC1(C)Oc2nc(Nc3ccc4c(c3)CCNC4)ncc2C(=O)N1c1c(Cl)cccc1Cl. The molecular weight excluding hydrogens is 449 g/mol. The molecule has 7 nitrogen and oxygen atoms in total. The van der Waals surface area contributed by atoms with E-state index in [0.717, 1.165) is 25.2 Å². The van der Waals surface area contributed by atoms with E-state index >= 15 is 0 Å². The van der Waals surface area contributed by atoms with Gasteiger partial charge in [-0.05, 0) is 62.2 Å². The lowest BCUT2D eigenvalue weighted by Crippen LogP contribution is -2.55. The Morgan fingerprint density at radius 3 is 2.72 bits per heavy atom. The van der Waals surface area contributed by atoms with Crippen molar-refractivity contribution in [2.75, 3.05) is 16.8 Å². The van der Waals surface area contributed by atoms with Crippen molar-refractivity contribution in [2.45, 2.75) is 32.5 Å². The van der Waals surface area contributed by atoms with Gasteiger partial charge in [0, 0.05) is 18.4 Å². The molecular formula is C23H21Cl2N5O2. The molecule has 3 heterocycles. The number of carbonyl (C=O) groups is 1. The number of hydrogen-bond acceptors (Lipinski definition) is 6. The van der Waals surface area contributed by atoms with Crippen molar-refractivity contribution in [3.05, 3.63) is 69.3 Å². The zero-order valence-electron chi connectivity index (χ0n) is 17.6. The van der Waals surface area contributed by atoms with Crippen LogP contribution < -0.4 is 20.3 Å². The lowest BCUT2D eigenvalue weighted by molar-refractivity contribution is 0.0606. The van der Waals surface area contributed by atoms with Gasteiger partial charge in [0.05, 0.1) is 15.7 Å². The number of hydrogen-bond donors (Lipinski definition) is 2. The summed E-state index contributed by atoms with van der Waals surface area (Å²) < 4.78 is 6.12. The number of nitrogens with zero attached hydrogens (tertiary/aromatic N) is 3. The average molecular weight is 470 g/mol. The molecule has 0 bridgehead atoms. The molecule has 0 fully saturated rings. The molecule has 0 saturated heterocycles. The summed E-state index contributed by atoms with van der Waals surface area (Å²) in [4.78, 5) is 23.6. The van der Waals surface area contributed by atoms with E-state index < -0.39 is 5.72 Å². The van der Waals surface area contributed by atoms with Gasteiger partial charge in [0.15, 0.2) is 5.72 Å². The number of aromatic nitrogens is 2. The van der Waals surface area contributed by atoms with Crippen LogP contribution in [-0.2, 0) is 13.0 Å². The number of anilines is 3. The van der Waals surface area contributed by atoms with E-state index in [9.17, 15) is 4.79 Å². The fourth-order valence-electron chi connectivity index (χ4n) is 4.06. The van der Waals surface area contributed by atoms with Gasteiger partial charge in [-0.15, -0.1) is 0 Å². The number of nitrogens with one attached hydrogen (secondary N) is 2. The molecule has 2 aliphatic rings. The minimum absolute atomic E-state index is 0.207. The normalized spacial score (nSPS) is 16.8. The van der Waals surface area contributed by atoms with E-state index in [1.165, 1.54) is 22.2 Å². The predicted molar refractivity (Wildman–Crippen MR) is 125 cm³/mol. The van der Waals surface area contributed by atoms with Crippen LogP contribution in [0, 0.1) is 0 Å². The minimum Gasteiger partial charge on any atom is -0.450 e. The fraction of sp³-hybridized carbons (Fsp3) is 0.261. The van der Waals surface area contributed by atoms with Crippen LogP contribution in [-0.4, -0.2) is 28.1 Å². The number of amides is 1. The second-order valence-electron chi connectivity index (χ2n) is 8.21. The molecule has 0 aliphatic carbocycles. The van der Waals surface area contributed by atoms with Crippen molar-refractivity contribution >= 4 is 46.4 Å². The van der Waals surface area contributed by atoms with E-state index in [0.29, 0.717) is 21.7 Å². The molecule has 2 aromatic carbocycles. The number of ether oxygens (including phenoxy) is 1. The highest BCUT2D eigenvalue weighted by Gasteiger charge is 2.43. The first-order chi connectivity index (χ1) is 15.3. The molecule has 0 unspecified atom stereocenters. The highest BCUT2D eigenvalue weighted by atomic mass is 35.5. The molecule has 164 valence electrons. The van der Waals surface area contributed by atoms with Crippen LogP contribution in [0.25, 0.3) is 0 Å². The van der Waals surface area contributed by atoms with Crippen LogP contribution in [0.15, 0.2) is 42.6 Å². The van der Waals surface area contributed by atoms with Crippen molar-refractivity contribution in [1.82, 2.24) is 15.3 Å². The van der Waals surface area contributed by atoms with Crippen molar-refractivity contribution in [2.24, 2.45) is 0 Å². The molecule has 3 aromatic rings. The van der Waals surface area contributed by atoms with E-state index in [1.54, 1.807) is 32.0 Å². The van der Waals surface area contributed by atoms with Gasteiger partial charge in [0.25, 0.3) is 5.91 Å². The largest absolute Gasteiger partial charge is 0.450 e. The summed E-state index contributed by atoms with van der Waals surface area (Å²) in [7, 11) is 0. The lowest BCUT2D eigenvalue weighted by Gasteiger charge is -2.42. The van der Waals surface area contributed by atoms with Gasteiger partial charge in [-0.25, -0.2) is 4.98 Å². The highest BCUT2D eigenvalue weighted by Crippen LogP contribution is 2.42. The van der Waals surface area contributed by atoms with Gasteiger partial charge >= 0.3 is 0 Å². The number of carbonyl (C=O) groups excluding carboxylic acids is 1. The Morgan fingerprint density at radius 1 is 1.16 bits per heavy atom. The Labute approximate surface area is 195 Å². The van der Waals surface area contributed by atoms with Crippen LogP contribution in [0.1, 0.15) is 35.3 Å². The average Bonchev–Trinajstić information content (AvgIpc) is 2.75. The van der Waals surface area contributed by atoms with Gasteiger partial charge in [-0.2, -0.15) is 4.98 Å². The summed E-state index contributed by atoms with van der Waals surface area (Å²) in [6.07, 6.45) is 2.43. The number of halogens is 2. The second-order valence-corrected chi connectivity index (χ2v) is 9.02. The summed E-state index contributed by atoms with van der Waals surface area (Å²) >= 11 is 12.7. The third-order valence-corrected chi connectivity index (χ3v) is 6.19. The standard InChI is InChI=1S/C23H21Cl2N5O2/c1-23(2)30(19-17(24)4-3-5-18(19)25)21(31)16-12-27-22(29-20(16)32-23)28-15-7-6-14-11-26-9-8-13(14)10-15/h3-7,10,12,26H,8-9,11H2,1-2H3,(H,27,28,29). The van der Waals surface area contributed by atoms with Crippen LogP contribution >= 0.6 is 23.2 Å². The fourth-order valence-corrected chi connectivity index (χ4v) is 4.62. The molecule has 0 saturated carbocycles. The maximum atomic E-state index is 13.4. The minimum atomic E-state index is -1.07. The molecule has 1 amide bonds. The molecule has 9 heteroatoms. The number of rotatable bonds is 3. The first-order valence-electron chi connectivity index (χ1n) is 10.3. The molecule has 0 spiro atoms. The van der Waals surface area contributed by atoms with Gasteiger partial charge in [-0.1, -0.05) is 35.3 Å². The summed E-state index contributed by atoms with van der Waals surface area (Å²) in [6.45, 7) is 5.37. The maximum Gasteiger partial charge on any atom is 0.268 e. The van der Waals surface area contributed by atoms with Crippen LogP contribution in [0.2, 0.25) is 10.0 Å². The third kappa shape index (κ3) is 3.66. The Bertz CT molecular complexity index is 1210.